The van der Waals surface area contributed by atoms with Crippen LogP contribution in [-0.4, -0.2) is 12.9 Å². The highest BCUT2D eigenvalue weighted by Gasteiger charge is 2.47. The maximum Gasteiger partial charge on any atom is 0.147 e. The van der Waals surface area contributed by atoms with E-state index in [1.807, 2.05) is 6.07 Å². The summed E-state index contributed by atoms with van der Waals surface area (Å²) in [5.74, 6) is 1.30. The van der Waals surface area contributed by atoms with E-state index in [-0.39, 0.29) is 5.41 Å². The molecule has 0 aromatic heterocycles. The second-order valence-electron chi connectivity index (χ2n) is 4.91. The van der Waals surface area contributed by atoms with Crippen molar-refractivity contribution < 1.29 is 9.53 Å². The van der Waals surface area contributed by atoms with E-state index in [1.165, 1.54) is 24.0 Å². The summed E-state index contributed by atoms with van der Waals surface area (Å²) in [7, 11) is 1.68. The summed E-state index contributed by atoms with van der Waals surface area (Å²) in [6, 6.07) is 6.09. The summed E-state index contributed by atoms with van der Waals surface area (Å²) in [6.07, 6.45) is 5.06. The minimum atomic E-state index is -0.149. The van der Waals surface area contributed by atoms with Crippen molar-refractivity contribution >= 4 is 5.78 Å². The Morgan fingerprint density at radius 2 is 2.00 bits per heavy atom. The fourth-order valence-corrected chi connectivity index (χ4v) is 3.30. The summed E-state index contributed by atoms with van der Waals surface area (Å²) in [6.45, 7) is 0. The largest absolute Gasteiger partial charge is 0.497 e. The number of carbonyl (C=O) groups is 1. The zero-order valence-corrected chi connectivity index (χ0v) is 9.58. The molecule has 2 aliphatic carbocycles. The molecule has 1 saturated carbocycles. The third-order valence-corrected chi connectivity index (χ3v) is 4.17. The fourth-order valence-electron chi connectivity index (χ4n) is 3.30. The first-order valence-corrected chi connectivity index (χ1v) is 5.97. The molecule has 2 heteroatoms. The number of hydrogen-bond acceptors (Lipinski definition) is 2. The summed E-state index contributed by atoms with van der Waals surface area (Å²) in [5.41, 5.74) is 2.31. The molecule has 0 bridgehead atoms. The molecule has 0 heterocycles. The van der Waals surface area contributed by atoms with Crippen molar-refractivity contribution in [2.24, 2.45) is 0 Å². The van der Waals surface area contributed by atoms with E-state index >= 15 is 0 Å². The van der Waals surface area contributed by atoms with Crippen LogP contribution in [0.3, 0.4) is 0 Å². The van der Waals surface area contributed by atoms with E-state index in [1.54, 1.807) is 7.11 Å². The van der Waals surface area contributed by atoms with Crippen LogP contribution in [0.25, 0.3) is 0 Å². The Bertz CT molecular complexity index is 442. The Hall–Kier alpha value is -1.31. The summed E-state index contributed by atoms with van der Waals surface area (Å²) >= 11 is 0. The quantitative estimate of drug-likeness (QED) is 0.721. The Morgan fingerprint density at radius 3 is 2.69 bits per heavy atom. The average Bonchev–Trinajstić information content (AvgIpc) is 2.88. The number of benzene rings is 1. The number of methoxy groups -OCH3 is 1. The molecule has 1 aromatic rings. The lowest BCUT2D eigenvalue weighted by atomic mass is 9.79. The highest BCUT2D eigenvalue weighted by atomic mass is 16.5. The van der Waals surface area contributed by atoms with Crippen molar-refractivity contribution in [3.8, 4) is 5.75 Å². The van der Waals surface area contributed by atoms with Crippen molar-refractivity contribution in [1.29, 1.82) is 0 Å². The molecule has 0 amide bonds. The van der Waals surface area contributed by atoms with Crippen LogP contribution in [0, 0.1) is 0 Å². The van der Waals surface area contributed by atoms with E-state index in [4.69, 9.17) is 4.74 Å². The highest BCUT2D eigenvalue weighted by Crippen LogP contribution is 2.48. The second kappa shape index (κ2) is 3.34. The van der Waals surface area contributed by atoms with E-state index in [0.29, 0.717) is 12.2 Å². The van der Waals surface area contributed by atoms with Gasteiger partial charge < -0.3 is 4.74 Å². The molecule has 0 saturated heterocycles. The summed E-state index contributed by atoms with van der Waals surface area (Å²) in [4.78, 5) is 12.2. The number of carbonyl (C=O) groups excluding carboxylic acids is 1. The molecule has 16 heavy (non-hydrogen) atoms. The van der Waals surface area contributed by atoms with Gasteiger partial charge in [-0.05, 0) is 36.1 Å². The minimum absolute atomic E-state index is 0.149. The van der Waals surface area contributed by atoms with Crippen LogP contribution < -0.4 is 4.74 Å². The molecule has 1 spiro atoms. The summed E-state index contributed by atoms with van der Waals surface area (Å²) < 4.78 is 5.27. The molecule has 0 aliphatic heterocycles. The highest BCUT2D eigenvalue weighted by molar-refractivity contribution is 5.97. The molecular formula is C14H16O2. The summed E-state index contributed by atoms with van der Waals surface area (Å²) in [5, 5.41) is 0. The van der Waals surface area contributed by atoms with Crippen molar-refractivity contribution in [1.82, 2.24) is 0 Å². The lowest BCUT2D eigenvalue weighted by molar-refractivity contribution is -0.122. The number of hydrogen-bond donors (Lipinski definition) is 0. The molecule has 0 atom stereocenters. The molecule has 0 radical (unpaired) electrons. The zero-order valence-electron chi connectivity index (χ0n) is 9.58. The van der Waals surface area contributed by atoms with Gasteiger partial charge in [-0.2, -0.15) is 0 Å². The molecule has 84 valence electrons. The third kappa shape index (κ3) is 1.16. The van der Waals surface area contributed by atoms with Crippen LogP contribution in [-0.2, 0) is 16.6 Å². The monoisotopic (exact) mass is 216 g/mol. The van der Waals surface area contributed by atoms with Gasteiger partial charge in [-0.25, -0.2) is 0 Å². The number of ketones is 1. The SMILES string of the molecule is COc1ccc2c(c1)C1(CCCC1)C(=O)C2. The van der Waals surface area contributed by atoms with Gasteiger partial charge in [0.25, 0.3) is 0 Å². The predicted octanol–water partition coefficient (Wildman–Crippen LogP) is 2.63. The van der Waals surface area contributed by atoms with E-state index in [2.05, 4.69) is 12.1 Å². The average molecular weight is 216 g/mol. The minimum Gasteiger partial charge on any atom is -0.497 e. The molecule has 2 aliphatic rings. The Kier molecular flexibility index (Phi) is 2.06. The third-order valence-electron chi connectivity index (χ3n) is 4.17. The van der Waals surface area contributed by atoms with Gasteiger partial charge >= 0.3 is 0 Å². The maximum atomic E-state index is 12.2. The molecular weight excluding hydrogens is 200 g/mol. The van der Waals surface area contributed by atoms with E-state index < -0.39 is 0 Å². The number of rotatable bonds is 1. The van der Waals surface area contributed by atoms with Gasteiger partial charge in [0, 0.05) is 6.42 Å². The Labute approximate surface area is 95.6 Å². The van der Waals surface area contributed by atoms with Crippen LogP contribution in [0.2, 0.25) is 0 Å². The lowest BCUT2D eigenvalue weighted by Crippen LogP contribution is -2.28. The molecule has 0 unspecified atom stereocenters. The first-order chi connectivity index (χ1) is 7.76. The van der Waals surface area contributed by atoms with Gasteiger partial charge in [0.1, 0.15) is 11.5 Å². The predicted molar refractivity (Wildman–Crippen MR) is 61.9 cm³/mol. The molecule has 1 aromatic carbocycles. The number of fused-ring (bicyclic) bond motifs is 2. The van der Waals surface area contributed by atoms with E-state index in [0.717, 1.165) is 18.6 Å². The normalized spacial score (nSPS) is 21.4. The van der Waals surface area contributed by atoms with Gasteiger partial charge in [-0.15, -0.1) is 0 Å². The maximum absolute atomic E-state index is 12.2. The second-order valence-corrected chi connectivity index (χ2v) is 4.91. The smallest absolute Gasteiger partial charge is 0.147 e. The van der Waals surface area contributed by atoms with Crippen molar-refractivity contribution in [3.05, 3.63) is 29.3 Å². The molecule has 3 rings (SSSR count). The topological polar surface area (TPSA) is 26.3 Å². The van der Waals surface area contributed by atoms with Gasteiger partial charge in [-0.3, -0.25) is 4.79 Å². The zero-order chi connectivity index (χ0) is 11.2. The molecule has 1 fully saturated rings. The van der Waals surface area contributed by atoms with Crippen molar-refractivity contribution in [3.63, 3.8) is 0 Å². The van der Waals surface area contributed by atoms with Crippen LogP contribution in [0.15, 0.2) is 18.2 Å². The molecule has 0 N–H and O–H groups in total. The van der Waals surface area contributed by atoms with Crippen molar-refractivity contribution in [2.45, 2.75) is 37.5 Å². The fraction of sp³-hybridized carbons (Fsp3) is 0.500. The standard InChI is InChI=1S/C14H16O2/c1-16-11-5-4-10-8-13(15)14(12(10)9-11)6-2-3-7-14/h4-5,9H,2-3,6-8H2,1H3. The number of ether oxygens (including phenoxy) is 1. The van der Waals surface area contributed by atoms with E-state index in [9.17, 15) is 4.79 Å². The lowest BCUT2D eigenvalue weighted by Gasteiger charge is -2.22. The van der Waals surface area contributed by atoms with Gasteiger partial charge in [0.15, 0.2) is 0 Å². The van der Waals surface area contributed by atoms with Crippen LogP contribution in [0.1, 0.15) is 36.8 Å². The first-order valence-electron chi connectivity index (χ1n) is 5.97. The van der Waals surface area contributed by atoms with Gasteiger partial charge in [0.2, 0.25) is 0 Å². The van der Waals surface area contributed by atoms with Crippen LogP contribution >= 0.6 is 0 Å². The van der Waals surface area contributed by atoms with Gasteiger partial charge in [-0.1, -0.05) is 18.9 Å². The van der Waals surface area contributed by atoms with Crippen LogP contribution in [0.4, 0.5) is 0 Å². The Balaban J connectivity index is 2.14. The Morgan fingerprint density at radius 1 is 1.25 bits per heavy atom. The van der Waals surface area contributed by atoms with Gasteiger partial charge in [0.05, 0.1) is 12.5 Å². The first kappa shape index (κ1) is 9.88. The van der Waals surface area contributed by atoms with Crippen LogP contribution in [0.5, 0.6) is 5.75 Å². The van der Waals surface area contributed by atoms with Crippen molar-refractivity contribution in [2.75, 3.05) is 7.11 Å². The number of Topliss-reactive ketones (excluding diaryl/α,β-unsaturated/α-hetero) is 1. The molecule has 2 nitrogen and oxygen atoms in total.